The Morgan fingerprint density at radius 2 is 2.00 bits per heavy atom. The summed E-state index contributed by atoms with van der Waals surface area (Å²) in [5, 5.41) is 4.24. The van der Waals surface area contributed by atoms with Crippen LogP contribution in [0.5, 0.6) is 0 Å². The molecule has 2 aromatic heterocycles. The van der Waals surface area contributed by atoms with E-state index in [0.29, 0.717) is 35.1 Å². The molecule has 0 aliphatic heterocycles. The third kappa shape index (κ3) is 3.17. The molecule has 1 amide bonds. The van der Waals surface area contributed by atoms with Crippen LogP contribution in [0.4, 0.5) is 4.39 Å². The highest BCUT2D eigenvalue weighted by Crippen LogP contribution is 2.22. The average molecular weight is 377 g/mol. The van der Waals surface area contributed by atoms with Crippen molar-refractivity contribution in [1.29, 1.82) is 0 Å². The zero-order chi connectivity index (χ0) is 19.8. The molecule has 5 nitrogen and oxygen atoms in total. The number of hydrogen-bond donors (Lipinski definition) is 2. The topological polar surface area (TPSA) is 66.9 Å². The van der Waals surface area contributed by atoms with E-state index in [2.05, 4.69) is 10.3 Å². The van der Waals surface area contributed by atoms with Gasteiger partial charge >= 0.3 is 0 Å². The molecule has 0 spiro atoms. The van der Waals surface area contributed by atoms with Gasteiger partial charge in [0.25, 0.3) is 5.91 Å². The van der Waals surface area contributed by atoms with Gasteiger partial charge in [-0.15, -0.1) is 0 Å². The summed E-state index contributed by atoms with van der Waals surface area (Å²) in [7, 11) is 1.91. The SMILES string of the molecule is Cc1cc(=O)c2cccc(C(=O)NCCc3cn(C)c4ccc(F)cc34)c2[nH]1. The lowest BCUT2D eigenvalue weighted by molar-refractivity contribution is 0.0955. The molecule has 4 aromatic rings. The van der Waals surface area contributed by atoms with E-state index >= 15 is 0 Å². The second kappa shape index (κ2) is 6.96. The second-order valence-corrected chi connectivity index (χ2v) is 6.98. The van der Waals surface area contributed by atoms with E-state index in [1.807, 2.05) is 17.8 Å². The molecular weight excluding hydrogens is 357 g/mol. The van der Waals surface area contributed by atoms with Gasteiger partial charge in [-0.05, 0) is 49.2 Å². The molecule has 0 saturated heterocycles. The van der Waals surface area contributed by atoms with Gasteiger partial charge in [-0.2, -0.15) is 0 Å². The number of para-hydroxylation sites is 1. The Morgan fingerprint density at radius 1 is 1.18 bits per heavy atom. The summed E-state index contributed by atoms with van der Waals surface area (Å²) < 4.78 is 15.6. The fraction of sp³-hybridized carbons (Fsp3) is 0.182. The lowest BCUT2D eigenvalue weighted by atomic mass is 10.1. The number of aryl methyl sites for hydroxylation is 2. The number of pyridine rings is 1. The summed E-state index contributed by atoms with van der Waals surface area (Å²) in [4.78, 5) is 28.0. The maximum absolute atomic E-state index is 13.6. The predicted octanol–water partition coefficient (Wildman–Crippen LogP) is 3.44. The highest BCUT2D eigenvalue weighted by Gasteiger charge is 2.13. The van der Waals surface area contributed by atoms with Crippen molar-refractivity contribution in [3.8, 4) is 0 Å². The summed E-state index contributed by atoms with van der Waals surface area (Å²) in [5.41, 5.74) is 3.48. The van der Waals surface area contributed by atoms with E-state index < -0.39 is 0 Å². The normalized spacial score (nSPS) is 11.2. The fourth-order valence-electron chi connectivity index (χ4n) is 3.64. The van der Waals surface area contributed by atoms with Crippen molar-refractivity contribution < 1.29 is 9.18 Å². The van der Waals surface area contributed by atoms with Gasteiger partial charge in [0.15, 0.2) is 5.43 Å². The predicted molar refractivity (Wildman–Crippen MR) is 108 cm³/mol. The Labute approximate surface area is 160 Å². The number of benzene rings is 2. The molecule has 142 valence electrons. The quantitative estimate of drug-likeness (QED) is 0.572. The molecule has 28 heavy (non-hydrogen) atoms. The molecule has 0 unspecified atom stereocenters. The van der Waals surface area contributed by atoms with Crippen LogP contribution in [0.25, 0.3) is 21.8 Å². The van der Waals surface area contributed by atoms with Crippen molar-refractivity contribution in [2.75, 3.05) is 6.54 Å². The number of aromatic amines is 1. The van der Waals surface area contributed by atoms with Crippen LogP contribution in [-0.4, -0.2) is 22.0 Å². The molecule has 0 bridgehead atoms. The number of carbonyl (C=O) groups is 1. The van der Waals surface area contributed by atoms with Crippen LogP contribution in [-0.2, 0) is 13.5 Å². The van der Waals surface area contributed by atoms with Crippen LogP contribution in [0.1, 0.15) is 21.6 Å². The van der Waals surface area contributed by atoms with Crippen molar-refractivity contribution in [3.63, 3.8) is 0 Å². The standard InChI is InChI=1S/C22H20FN3O2/c1-13-10-20(27)16-4-3-5-17(21(16)25-13)22(28)24-9-8-14-12-26(2)19-7-6-15(23)11-18(14)19/h3-7,10-12H,8-9H2,1-2H3,(H,24,28)(H,25,27). The number of rotatable bonds is 4. The number of nitrogens with one attached hydrogen (secondary N) is 2. The average Bonchev–Trinajstić information content (AvgIpc) is 2.96. The Balaban J connectivity index is 1.55. The molecule has 0 aliphatic rings. The van der Waals surface area contributed by atoms with Crippen molar-refractivity contribution in [1.82, 2.24) is 14.9 Å². The number of fused-ring (bicyclic) bond motifs is 2. The molecule has 2 N–H and O–H groups in total. The summed E-state index contributed by atoms with van der Waals surface area (Å²) in [5.74, 6) is -0.530. The number of hydrogen-bond acceptors (Lipinski definition) is 2. The number of halogens is 1. The minimum atomic E-state index is -0.279. The molecule has 0 atom stereocenters. The monoisotopic (exact) mass is 377 g/mol. The van der Waals surface area contributed by atoms with Gasteiger partial charge in [0.2, 0.25) is 0 Å². The van der Waals surface area contributed by atoms with Crippen molar-refractivity contribution >= 4 is 27.7 Å². The molecule has 4 rings (SSSR count). The summed E-state index contributed by atoms with van der Waals surface area (Å²) in [6.45, 7) is 2.19. The van der Waals surface area contributed by atoms with Crippen molar-refractivity contribution in [2.45, 2.75) is 13.3 Å². The van der Waals surface area contributed by atoms with Crippen molar-refractivity contribution in [3.05, 3.63) is 81.5 Å². The van der Waals surface area contributed by atoms with Crippen LogP contribution >= 0.6 is 0 Å². The zero-order valence-corrected chi connectivity index (χ0v) is 15.7. The Morgan fingerprint density at radius 3 is 2.82 bits per heavy atom. The van der Waals surface area contributed by atoms with E-state index in [9.17, 15) is 14.0 Å². The summed E-state index contributed by atoms with van der Waals surface area (Å²) in [6, 6.07) is 11.3. The smallest absolute Gasteiger partial charge is 0.253 e. The fourth-order valence-corrected chi connectivity index (χ4v) is 3.64. The molecule has 0 saturated carbocycles. The number of carbonyl (C=O) groups excluding carboxylic acids is 1. The second-order valence-electron chi connectivity index (χ2n) is 6.98. The van der Waals surface area contributed by atoms with Gasteiger partial charge in [0.05, 0.1) is 11.1 Å². The highest BCUT2D eigenvalue weighted by atomic mass is 19.1. The summed E-state index contributed by atoms with van der Waals surface area (Å²) >= 11 is 0. The van der Waals surface area contributed by atoms with Gasteiger partial charge in [0.1, 0.15) is 5.82 Å². The first-order valence-corrected chi connectivity index (χ1v) is 9.08. The molecule has 2 aromatic carbocycles. The molecule has 0 fully saturated rings. The molecule has 0 radical (unpaired) electrons. The Kier molecular flexibility index (Phi) is 4.47. The third-order valence-electron chi connectivity index (χ3n) is 4.96. The maximum atomic E-state index is 13.6. The van der Waals surface area contributed by atoms with E-state index in [4.69, 9.17) is 0 Å². The lowest BCUT2D eigenvalue weighted by Gasteiger charge is -2.08. The lowest BCUT2D eigenvalue weighted by Crippen LogP contribution is -2.26. The van der Waals surface area contributed by atoms with Gasteiger partial charge in [0, 0.05) is 47.8 Å². The molecule has 0 aliphatic carbocycles. The van der Waals surface area contributed by atoms with Gasteiger partial charge in [-0.3, -0.25) is 9.59 Å². The first-order chi connectivity index (χ1) is 13.4. The third-order valence-corrected chi connectivity index (χ3v) is 4.96. The number of aromatic nitrogens is 2. The molecule has 2 heterocycles. The minimum absolute atomic E-state index is 0.112. The Bertz CT molecular complexity index is 1270. The highest BCUT2D eigenvalue weighted by molar-refractivity contribution is 6.05. The van der Waals surface area contributed by atoms with Crippen LogP contribution in [0.2, 0.25) is 0 Å². The number of H-pyrrole nitrogens is 1. The number of nitrogens with zero attached hydrogens (tertiary/aromatic N) is 1. The first kappa shape index (κ1) is 18.0. The first-order valence-electron chi connectivity index (χ1n) is 9.08. The van der Waals surface area contributed by atoms with Crippen LogP contribution in [0.15, 0.2) is 53.5 Å². The zero-order valence-electron chi connectivity index (χ0n) is 15.7. The van der Waals surface area contributed by atoms with E-state index in [0.717, 1.165) is 16.5 Å². The van der Waals surface area contributed by atoms with E-state index in [1.54, 1.807) is 31.2 Å². The van der Waals surface area contributed by atoms with Gasteiger partial charge < -0.3 is 14.9 Å². The van der Waals surface area contributed by atoms with Crippen LogP contribution < -0.4 is 10.7 Å². The molecular formula is C22H20FN3O2. The van der Waals surface area contributed by atoms with Gasteiger partial charge in [-0.25, -0.2) is 4.39 Å². The Hall–Kier alpha value is -3.41. The largest absolute Gasteiger partial charge is 0.358 e. The minimum Gasteiger partial charge on any atom is -0.358 e. The van der Waals surface area contributed by atoms with E-state index in [-0.39, 0.29) is 17.2 Å². The molecule has 6 heteroatoms. The van der Waals surface area contributed by atoms with E-state index in [1.165, 1.54) is 18.2 Å². The summed E-state index contributed by atoms with van der Waals surface area (Å²) in [6.07, 6.45) is 2.53. The van der Waals surface area contributed by atoms with Crippen LogP contribution in [0.3, 0.4) is 0 Å². The van der Waals surface area contributed by atoms with Gasteiger partial charge in [-0.1, -0.05) is 6.07 Å². The maximum Gasteiger partial charge on any atom is 0.253 e. The van der Waals surface area contributed by atoms with Crippen molar-refractivity contribution in [2.24, 2.45) is 7.05 Å². The van der Waals surface area contributed by atoms with Crippen LogP contribution in [0, 0.1) is 12.7 Å². The number of amides is 1.